The summed E-state index contributed by atoms with van der Waals surface area (Å²) in [7, 11) is 3.28. The summed E-state index contributed by atoms with van der Waals surface area (Å²) in [6, 6.07) is 20.5. The molecule has 5 heteroatoms. The van der Waals surface area contributed by atoms with Crippen molar-refractivity contribution in [3.05, 3.63) is 77.4 Å². The second-order valence-corrected chi connectivity index (χ2v) is 7.72. The number of hydrogen-bond donors (Lipinski definition) is 2. The minimum absolute atomic E-state index is 0.0280. The molecule has 0 bridgehead atoms. The molecule has 0 aliphatic carbocycles. The largest absolute Gasteiger partial charge is 0.496 e. The lowest BCUT2D eigenvalue weighted by atomic mass is 9.97. The van der Waals surface area contributed by atoms with E-state index < -0.39 is 0 Å². The van der Waals surface area contributed by atoms with Crippen LogP contribution < -0.4 is 19.5 Å². The predicted molar refractivity (Wildman–Crippen MR) is 128 cm³/mol. The van der Waals surface area contributed by atoms with Crippen LogP contribution in [0.5, 0.6) is 17.2 Å². The Kier molecular flexibility index (Phi) is 8.54. The molecule has 0 aliphatic rings. The Morgan fingerprint density at radius 3 is 2.22 bits per heavy atom. The van der Waals surface area contributed by atoms with Crippen LogP contribution in [-0.4, -0.2) is 32.0 Å². The van der Waals surface area contributed by atoms with Crippen LogP contribution in [0, 0.1) is 6.92 Å². The lowest BCUT2D eigenvalue weighted by Crippen LogP contribution is -2.31. The van der Waals surface area contributed by atoms with Gasteiger partial charge in [0, 0.05) is 24.7 Å². The maximum absolute atomic E-state index is 9.45. The Balaban J connectivity index is 1.80. The van der Waals surface area contributed by atoms with Gasteiger partial charge < -0.3 is 24.6 Å². The van der Waals surface area contributed by atoms with Gasteiger partial charge in [0.1, 0.15) is 23.9 Å². The molecule has 2 N–H and O–H groups in total. The fourth-order valence-electron chi connectivity index (χ4n) is 3.73. The van der Waals surface area contributed by atoms with Crippen LogP contribution in [0.15, 0.2) is 60.7 Å². The minimum atomic E-state index is 0.0280. The van der Waals surface area contributed by atoms with E-state index in [9.17, 15) is 5.11 Å². The molecule has 0 radical (unpaired) electrons. The van der Waals surface area contributed by atoms with Crippen molar-refractivity contribution in [1.82, 2.24) is 5.32 Å². The van der Waals surface area contributed by atoms with E-state index in [1.807, 2.05) is 25.1 Å². The van der Waals surface area contributed by atoms with Crippen LogP contribution in [0.25, 0.3) is 11.1 Å². The van der Waals surface area contributed by atoms with Crippen LogP contribution in [0.3, 0.4) is 0 Å². The van der Waals surface area contributed by atoms with E-state index in [0.717, 1.165) is 17.5 Å². The molecule has 0 spiro atoms. The molecule has 32 heavy (non-hydrogen) atoms. The van der Waals surface area contributed by atoms with Crippen molar-refractivity contribution < 1.29 is 19.3 Å². The highest BCUT2D eigenvalue weighted by Crippen LogP contribution is 2.35. The van der Waals surface area contributed by atoms with Crippen molar-refractivity contribution in [2.75, 3.05) is 20.8 Å². The van der Waals surface area contributed by atoms with Gasteiger partial charge >= 0.3 is 0 Å². The molecule has 3 aromatic rings. The van der Waals surface area contributed by atoms with E-state index >= 15 is 0 Å². The lowest BCUT2D eigenvalue weighted by molar-refractivity contribution is 0.237. The van der Waals surface area contributed by atoms with Crippen molar-refractivity contribution in [3.63, 3.8) is 0 Å². The number of methoxy groups -OCH3 is 2. The van der Waals surface area contributed by atoms with Crippen LogP contribution in [0.1, 0.15) is 30.0 Å². The third kappa shape index (κ3) is 5.61. The molecular formula is C27H33NO4. The van der Waals surface area contributed by atoms with E-state index in [4.69, 9.17) is 14.2 Å². The number of nitrogens with one attached hydrogen (secondary N) is 1. The standard InChI is InChI=1S/C27H33NO4/c1-5-22(17-29)28-16-25-26(30-3)14-23(15-27(25)31-4)32-18-21-12-9-13-24(19(21)2)20-10-7-6-8-11-20/h6-15,22,28-29H,5,16-18H2,1-4H3/t22-/m0/s1. The van der Waals surface area contributed by atoms with E-state index in [1.165, 1.54) is 16.7 Å². The molecule has 5 nitrogen and oxygen atoms in total. The van der Waals surface area contributed by atoms with Crippen LogP contribution >= 0.6 is 0 Å². The monoisotopic (exact) mass is 435 g/mol. The molecule has 0 saturated carbocycles. The van der Waals surface area contributed by atoms with Gasteiger partial charge in [0.15, 0.2) is 0 Å². The van der Waals surface area contributed by atoms with Gasteiger partial charge in [-0.3, -0.25) is 0 Å². The molecule has 0 saturated heterocycles. The number of rotatable bonds is 11. The lowest BCUT2D eigenvalue weighted by Gasteiger charge is -2.19. The molecular weight excluding hydrogens is 402 g/mol. The Bertz CT molecular complexity index is 975. The molecule has 0 aromatic heterocycles. The molecule has 3 rings (SSSR count). The van der Waals surface area contributed by atoms with Crippen LogP contribution in [0.2, 0.25) is 0 Å². The molecule has 0 fully saturated rings. The van der Waals surface area contributed by atoms with E-state index in [1.54, 1.807) is 14.2 Å². The van der Waals surface area contributed by atoms with Gasteiger partial charge in [-0.1, -0.05) is 55.5 Å². The molecule has 0 amide bonds. The fourth-order valence-corrected chi connectivity index (χ4v) is 3.73. The third-order valence-electron chi connectivity index (χ3n) is 5.79. The van der Waals surface area contributed by atoms with Gasteiger partial charge in [0.05, 0.1) is 26.4 Å². The molecule has 170 valence electrons. The van der Waals surface area contributed by atoms with E-state index in [-0.39, 0.29) is 12.6 Å². The van der Waals surface area contributed by atoms with Gasteiger partial charge in [-0.25, -0.2) is 0 Å². The highest BCUT2D eigenvalue weighted by Gasteiger charge is 2.15. The number of aliphatic hydroxyl groups is 1. The second-order valence-electron chi connectivity index (χ2n) is 7.72. The summed E-state index contributed by atoms with van der Waals surface area (Å²) in [5.74, 6) is 2.06. The van der Waals surface area contributed by atoms with E-state index in [0.29, 0.717) is 30.4 Å². The maximum Gasteiger partial charge on any atom is 0.130 e. The summed E-state index contributed by atoms with van der Waals surface area (Å²) in [4.78, 5) is 0. The Hall–Kier alpha value is -3.02. The van der Waals surface area contributed by atoms with Crippen LogP contribution in [0.4, 0.5) is 0 Å². The first-order valence-electron chi connectivity index (χ1n) is 11.0. The molecule has 3 aromatic carbocycles. The van der Waals surface area contributed by atoms with Crippen molar-refractivity contribution in [2.45, 2.75) is 39.5 Å². The molecule has 0 aliphatic heterocycles. The second kappa shape index (κ2) is 11.6. The van der Waals surface area contributed by atoms with Gasteiger partial charge in [-0.05, 0) is 35.6 Å². The smallest absolute Gasteiger partial charge is 0.130 e. The van der Waals surface area contributed by atoms with Crippen molar-refractivity contribution >= 4 is 0 Å². The first kappa shape index (κ1) is 23.6. The SMILES string of the molecule is CC[C@@H](CO)NCc1c(OC)cc(OCc2cccc(-c3ccccc3)c2C)cc1OC. The first-order valence-corrected chi connectivity index (χ1v) is 11.0. The Morgan fingerprint density at radius 2 is 1.62 bits per heavy atom. The zero-order valence-electron chi connectivity index (χ0n) is 19.4. The van der Waals surface area contributed by atoms with Crippen molar-refractivity contribution in [3.8, 4) is 28.4 Å². The average molecular weight is 436 g/mol. The highest BCUT2D eigenvalue weighted by molar-refractivity contribution is 5.68. The zero-order valence-corrected chi connectivity index (χ0v) is 19.4. The van der Waals surface area contributed by atoms with Gasteiger partial charge in [-0.2, -0.15) is 0 Å². The first-order chi connectivity index (χ1) is 15.6. The number of benzene rings is 3. The fraction of sp³-hybridized carbons (Fsp3) is 0.333. The summed E-state index contributed by atoms with van der Waals surface area (Å²) in [5.41, 5.74) is 5.63. The van der Waals surface area contributed by atoms with Crippen molar-refractivity contribution in [1.29, 1.82) is 0 Å². The number of hydrogen-bond acceptors (Lipinski definition) is 5. The van der Waals surface area contributed by atoms with Crippen molar-refractivity contribution in [2.24, 2.45) is 0 Å². The summed E-state index contributed by atoms with van der Waals surface area (Å²) >= 11 is 0. The summed E-state index contributed by atoms with van der Waals surface area (Å²) in [6.45, 7) is 5.23. The van der Waals surface area contributed by atoms with Crippen LogP contribution in [-0.2, 0) is 13.2 Å². The highest BCUT2D eigenvalue weighted by atomic mass is 16.5. The average Bonchev–Trinajstić information content (AvgIpc) is 2.84. The molecule has 1 atom stereocenters. The zero-order chi connectivity index (χ0) is 22.9. The normalized spacial score (nSPS) is 11.8. The number of ether oxygens (including phenoxy) is 3. The molecule has 0 heterocycles. The predicted octanol–water partition coefficient (Wildman–Crippen LogP) is 5.12. The Morgan fingerprint density at radius 1 is 0.938 bits per heavy atom. The summed E-state index contributed by atoms with van der Waals surface area (Å²) in [6.07, 6.45) is 0.837. The van der Waals surface area contributed by atoms with Gasteiger partial charge in [0.25, 0.3) is 0 Å². The van der Waals surface area contributed by atoms with Gasteiger partial charge in [0.2, 0.25) is 0 Å². The summed E-state index contributed by atoms with van der Waals surface area (Å²) in [5, 5.41) is 12.8. The summed E-state index contributed by atoms with van der Waals surface area (Å²) < 4.78 is 17.4. The quantitative estimate of drug-likeness (QED) is 0.438. The van der Waals surface area contributed by atoms with E-state index in [2.05, 4.69) is 54.7 Å². The third-order valence-corrected chi connectivity index (χ3v) is 5.79. The number of aliphatic hydroxyl groups excluding tert-OH is 1. The Labute approximate surface area is 191 Å². The maximum atomic E-state index is 9.45. The minimum Gasteiger partial charge on any atom is -0.496 e. The molecule has 0 unspecified atom stereocenters. The van der Waals surface area contributed by atoms with Gasteiger partial charge in [-0.15, -0.1) is 0 Å². The topological polar surface area (TPSA) is 60.0 Å².